The van der Waals surface area contributed by atoms with E-state index < -0.39 is 35.1 Å². The van der Waals surface area contributed by atoms with Crippen LogP contribution in [0, 0.1) is 0 Å². The first kappa shape index (κ1) is 13.6. The second-order valence-electron chi connectivity index (χ2n) is 3.40. The molecule has 1 heterocycles. The minimum Gasteiger partial charge on any atom is -0.337 e. The van der Waals surface area contributed by atoms with Gasteiger partial charge in [-0.2, -0.15) is 26.3 Å². The van der Waals surface area contributed by atoms with E-state index in [1.165, 1.54) is 0 Å². The van der Waals surface area contributed by atoms with Gasteiger partial charge >= 0.3 is 12.4 Å². The largest absolute Gasteiger partial charge is 0.431 e. The van der Waals surface area contributed by atoms with Crippen LogP contribution in [0.2, 0.25) is 0 Å². The first-order valence-corrected chi connectivity index (χ1v) is 4.31. The molecule has 0 aliphatic rings. The molecule has 1 rings (SSSR count). The fourth-order valence-corrected chi connectivity index (χ4v) is 1.52. The molecule has 0 aromatic carbocycles. The molecule has 17 heavy (non-hydrogen) atoms. The van der Waals surface area contributed by atoms with Crippen LogP contribution in [0.1, 0.15) is 28.7 Å². The maximum atomic E-state index is 12.5. The molecule has 0 saturated heterocycles. The Labute approximate surface area is 91.8 Å². The SMILES string of the molecule is CC(=O)c1c(C(F)(F)F)cc(C(F)(F)F)n1C. The second-order valence-corrected chi connectivity index (χ2v) is 3.40. The summed E-state index contributed by atoms with van der Waals surface area (Å²) < 4.78 is 74.8. The molecule has 0 fully saturated rings. The molecule has 96 valence electrons. The van der Waals surface area contributed by atoms with Gasteiger partial charge in [-0.25, -0.2) is 0 Å². The van der Waals surface area contributed by atoms with Gasteiger partial charge < -0.3 is 4.57 Å². The van der Waals surface area contributed by atoms with Crippen LogP contribution in [0.15, 0.2) is 6.07 Å². The van der Waals surface area contributed by atoms with E-state index in [0.717, 1.165) is 14.0 Å². The van der Waals surface area contributed by atoms with Crippen LogP contribution in [0.3, 0.4) is 0 Å². The van der Waals surface area contributed by atoms with Crippen molar-refractivity contribution in [2.24, 2.45) is 7.05 Å². The number of hydrogen-bond acceptors (Lipinski definition) is 1. The zero-order valence-electron chi connectivity index (χ0n) is 8.70. The third-order valence-corrected chi connectivity index (χ3v) is 2.16. The molecule has 2 nitrogen and oxygen atoms in total. The molecular weight excluding hydrogens is 252 g/mol. The summed E-state index contributed by atoms with van der Waals surface area (Å²) >= 11 is 0. The van der Waals surface area contributed by atoms with Crippen molar-refractivity contribution in [2.75, 3.05) is 0 Å². The smallest absolute Gasteiger partial charge is 0.337 e. The molecule has 0 amide bonds. The molecule has 8 heteroatoms. The van der Waals surface area contributed by atoms with Gasteiger partial charge in [0, 0.05) is 14.0 Å². The van der Waals surface area contributed by atoms with Gasteiger partial charge in [-0.15, -0.1) is 0 Å². The average molecular weight is 259 g/mol. The maximum absolute atomic E-state index is 12.5. The van der Waals surface area contributed by atoms with Gasteiger partial charge in [0.25, 0.3) is 0 Å². The van der Waals surface area contributed by atoms with Crippen LogP contribution in [-0.4, -0.2) is 10.4 Å². The van der Waals surface area contributed by atoms with E-state index in [0.29, 0.717) is 0 Å². The molecule has 0 unspecified atom stereocenters. The van der Waals surface area contributed by atoms with E-state index in [1.807, 2.05) is 0 Å². The lowest BCUT2D eigenvalue weighted by Crippen LogP contribution is -2.15. The van der Waals surface area contributed by atoms with E-state index in [1.54, 1.807) is 0 Å². The van der Waals surface area contributed by atoms with E-state index in [-0.39, 0.29) is 10.6 Å². The molecule has 0 N–H and O–H groups in total. The van der Waals surface area contributed by atoms with E-state index >= 15 is 0 Å². The van der Waals surface area contributed by atoms with Crippen molar-refractivity contribution in [3.8, 4) is 0 Å². The highest BCUT2D eigenvalue weighted by atomic mass is 19.4. The van der Waals surface area contributed by atoms with Crippen LogP contribution in [0.5, 0.6) is 0 Å². The third kappa shape index (κ3) is 2.45. The molecule has 0 radical (unpaired) electrons. The summed E-state index contributed by atoms with van der Waals surface area (Å²) in [6.07, 6.45) is -9.94. The predicted octanol–water partition coefficient (Wildman–Crippen LogP) is 3.27. The number of nitrogens with zero attached hydrogens (tertiary/aromatic N) is 1. The van der Waals surface area contributed by atoms with Crippen molar-refractivity contribution in [3.05, 3.63) is 23.0 Å². The Morgan fingerprint density at radius 3 is 1.82 bits per heavy atom. The summed E-state index contributed by atoms with van der Waals surface area (Å²) in [7, 11) is 0.773. The number of ketones is 1. The van der Waals surface area contributed by atoms with Gasteiger partial charge in [0.05, 0.1) is 11.3 Å². The molecule has 0 aliphatic heterocycles. The van der Waals surface area contributed by atoms with Crippen molar-refractivity contribution in [3.63, 3.8) is 0 Å². The van der Waals surface area contributed by atoms with E-state index in [9.17, 15) is 31.1 Å². The van der Waals surface area contributed by atoms with Crippen LogP contribution < -0.4 is 0 Å². The summed E-state index contributed by atoms with van der Waals surface area (Å²) in [6.45, 7) is 0.782. The zero-order chi connectivity index (χ0) is 13.6. The van der Waals surface area contributed by atoms with Gasteiger partial charge in [0.15, 0.2) is 5.78 Å². The van der Waals surface area contributed by atoms with Gasteiger partial charge in [0.1, 0.15) is 5.69 Å². The van der Waals surface area contributed by atoms with Gasteiger partial charge in [-0.1, -0.05) is 0 Å². The molecule has 1 aromatic rings. The lowest BCUT2D eigenvalue weighted by Gasteiger charge is -2.09. The van der Waals surface area contributed by atoms with E-state index in [4.69, 9.17) is 0 Å². The minimum absolute atomic E-state index is 0.0588. The van der Waals surface area contributed by atoms with Gasteiger partial charge in [0.2, 0.25) is 0 Å². The third-order valence-electron chi connectivity index (χ3n) is 2.16. The number of carbonyl (C=O) groups is 1. The normalized spacial score (nSPS) is 12.9. The maximum Gasteiger partial charge on any atom is 0.431 e. The Hall–Kier alpha value is -1.47. The van der Waals surface area contributed by atoms with Crippen molar-refractivity contribution >= 4 is 5.78 Å². The van der Waals surface area contributed by atoms with Crippen LogP contribution in [-0.2, 0) is 19.4 Å². The lowest BCUT2D eigenvalue weighted by molar-refractivity contribution is -0.144. The summed E-state index contributed by atoms with van der Waals surface area (Å²) in [6, 6.07) is -0.0588. The van der Waals surface area contributed by atoms with E-state index in [2.05, 4.69) is 0 Å². The lowest BCUT2D eigenvalue weighted by atomic mass is 10.2. The Kier molecular flexibility index (Phi) is 3.02. The molecule has 0 aliphatic carbocycles. The first-order valence-electron chi connectivity index (χ1n) is 4.31. The van der Waals surface area contributed by atoms with Crippen LogP contribution >= 0.6 is 0 Å². The van der Waals surface area contributed by atoms with Crippen molar-refractivity contribution in [1.29, 1.82) is 0 Å². The molecule has 0 bridgehead atoms. The number of hydrogen-bond donors (Lipinski definition) is 0. The number of Topliss-reactive ketones (excluding diaryl/α,β-unsaturated/α-hetero) is 1. The minimum atomic E-state index is -5.00. The number of rotatable bonds is 1. The number of alkyl halides is 6. The summed E-state index contributed by atoms with van der Waals surface area (Å²) in [5.74, 6) is -1.07. The monoisotopic (exact) mass is 259 g/mol. The Morgan fingerprint density at radius 1 is 1.12 bits per heavy atom. The fraction of sp³-hybridized carbons (Fsp3) is 0.444. The topological polar surface area (TPSA) is 22.0 Å². The number of carbonyl (C=O) groups excluding carboxylic acids is 1. The molecule has 0 spiro atoms. The van der Waals surface area contributed by atoms with Crippen LogP contribution in [0.25, 0.3) is 0 Å². The summed E-state index contributed by atoms with van der Waals surface area (Å²) in [5.41, 5.74) is -4.07. The summed E-state index contributed by atoms with van der Waals surface area (Å²) in [5, 5.41) is 0. The second kappa shape index (κ2) is 3.78. The predicted molar refractivity (Wildman–Crippen MR) is 45.4 cm³/mol. The number of halogens is 6. The molecule has 1 aromatic heterocycles. The highest BCUT2D eigenvalue weighted by Gasteiger charge is 2.43. The zero-order valence-corrected chi connectivity index (χ0v) is 8.70. The molecule has 0 atom stereocenters. The van der Waals surface area contributed by atoms with Crippen molar-refractivity contribution in [2.45, 2.75) is 19.3 Å². The molecule has 0 saturated carbocycles. The summed E-state index contributed by atoms with van der Waals surface area (Å²) in [4.78, 5) is 11.0. The number of aromatic nitrogens is 1. The molecular formula is C9H7F6NO. The van der Waals surface area contributed by atoms with Crippen molar-refractivity contribution in [1.82, 2.24) is 4.57 Å². The Bertz CT molecular complexity index is 453. The highest BCUT2D eigenvalue weighted by Crippen LogP contribution is 2.39. The Balaban J connectivity index is 3.58. The fourth-order valence-electron chi connectivity index (χ4n) is 1.52. The van der Waals surface area contributed by atoms with Crippen LogP contribution in [0.4, 0.5) is 26.3 Å². The van der Waals surface area contributed by atoms with Gasteiger partial charge in [-0.3, -0.25) is 4.79 Å². The van der Waals surface area contributed by atoms with Crippen molar-refractivity contribution < 1.29 is 31.1 Å². The Morgan fingerprint density at radius 2 is 1.59 bits per heavy atom. The van der Waals surface area contributed by atoms with Gasteiger partial charge in [-0.05, 0) is 6.07 Å². The standard InChI is InChI=1S/C9H7F6NO/c1-4(17)7-5(8(10,11)12)3-6(16(7)2)9(13,14)15/h3H,1-2H3. The first-order chi connectivity index (χ1) is 7.46. The highest BCUT2D eigenvalue weighted by molar-refractivity contribution is 5.94. The quantitative estimate of drug-likeness (QED) is 0.560. The average Bonchev–Trinajstić information content (AvgIpc) is 2.40.